The Labute approximate surface area is 125 Å². The zero-order valence-corrected chi connectivity index (χ0v) is 12.3. The summed E-state index contributed by atoms with van der Waals surface area (Å²) in [7, 11) is 0. The number of hydrogen-bond donors (Lipinski definition) is 2. The molecule has 21 heavy (non-hydrogen) atoms. The standard InChI is InChI=1S/C12H10.C3H8.2CHNO/c1-3-7-11(8-4-1)12-9-5-2-6-10-12;1-3-2;2*2-1-3/h1-10H;3H2,1-2H3;2*2H. The van der Waals surface area contributed by atoms with E-state index in [1.165, 1.54) is 17.5 Å². The summed E-state index contributed by atoms with van der Waals surface area (Å²) in [5.41, 5.74) is 2.55. The van der Waals surface area contributed by atoms with Crippen molar-refractivity contribution < 1.29 is 9.59 Å². The first-order valence-electron chi connectivity index (χ1n) is 6.39. The average molecular weight is 284 g/mol. The largest absolute Gasteiger partial charge is 0.231 e. The summed E-state index contributed by atoms with van der Waals surface area (Å²) >= 11 is 0. The summed E-state index contributed by atoms with van der Waals surface area (Å²) in [4.78, 5) is 16.7. The van der Waals surface area contributed by atoms with E-state index in [0.29, 0.717) is 0 Å². The summed E-state index contributed by atoms with van der Waals surface area (Å²) in [5, 5.41) is 10.8. The van der Waals surface area contributed by atoms with E-state index in [2.05, 4.69) is 62.4 Å². The van der Waals surface area contributed by atoms with Crippen LogP contribution in [0.1, 0.15) is 20.3 Å². The maximum absolute atomic E-state index is 8.35. The molecular formula is C17H20N2O2. The first-order chi connectivity index (χ1) is 10.2. The molecule has 4 nitrogen and oxygen atoms in total. The predicted molar refractivity (Wildman–Crippen MR) is 84.7 cm³/mol. The van der Waals surface area contributed by atoms with E-state index in [9.17, 15) is 0 Å². The summed E-state index contributed by atoms with van der Waals surface area (Å²) in [6.07, 6.45) is 2.75. The third kappa shape index (κ3) is 13.4. The molecule has 0 spiro atoms. The van der Waals surface area contributed by atoms with E-state index >= 15 is 0 Å². The lowest BCUT2D eigenvalue weighted by Gasteiger charge is -1.98. The minimum Gasteiger partial charge on any atom is -0.222 e. The van der Waals surface area contributed by atoms with Gasteiger partial charge in [-0.2, -0.15) is 0 Å². The maximum Gasteiger partial charge on any atom is 0.231 e. The molecule has 4 heteroatoms. The Hall–Kier alpha value is -2.80. The van der Waals surface area contributed by atoms with Gasteiger partial charge in [0.2, 0.25) is 12.2 Å². The monoisotopic (exact) mass is 284 g/mol. The molecule has 0 aliphatic heterocycles. The van der Waals surface area contributed by atoms with Crippen LogP contribution in [0.2, 0.25) is 0 Å². The lowest BCUT2D eigenvalue weighted by molar-refractivity contribution is 0.562. The summed E-state index contributed by atoms with van der Waals surface area (Å²) in [6.45, 7) is 4.25. The molecule has 2 N–H and O–H groups in total. The number of hydrogen-bond acceptors (Lipinski definition) is 4. The third-order valence-electron chi connectivity index (χ3n) is 1.88. The molecule has 0 aliphatic rings. The van der Waals surface area contributed by atoms with Crippen molar-refractivity contribution in [1.29, 1.82) is 10.8 Å². The smallest absolute Gasteiger partial charge is 0.222 e. The second kappa shape index (κ2) is 17.2. The van der Waals surface area contributed by atoms with Crippen LogP contribution in [0.5, 0.6) is 0 Å². The fraction of sp³-hybridized carbons (Fsp3) is 0.176. The predicted octanol–water partition coefficient (Wildman–Crippen LogP) is 4.57. The van der Waals surface area contributed by atoms with Gasteiger partial charge < -0.3 is 0 Å². The fourth-order valence-electron chi connectivity index (χ4n) is 1.26. The van der Waals surface area contributed by atoms with Crippen molar-refractivity contribution in [3.8, 4) is 11.1 Å². The average Bonchev–Trinajstić information content (AvgIpc) is 2.51. The number of benzene rings is 2. The van der Waals surface area contributed by atoms with Crippen molar-refractivity contribution in [3.63, 3.8) is 0 Å². The quantitative estimate of drug-likeness (QED) is 0.594. The van der Waals surface area contributed by atoms with Crippen molar-refractivity contribution in [1.82, 2.24) is 0 Å². The highest BCUT2D eigenvalue weighted by atomic mass is 16.1. The Morgan fingerprint density at radius 3 is 1.10 bits per heavy atom. The van der Waals surface area contributed by atoms with E-state index in [1.807, 2.05) is 12.1 Å². The van der Waals surface area contributed by atoms with Gasteiger partial charge in [-0.3, -0.25) is 0 Å². The van der Waals surface area contributed by atoms with Gasteiger partial charge in [0.1, 0.15) is 0 Å². The summed E-state index contributed by atoms with van der Waals surface area (Å²) in [6, 6.07) is 20.8. The summed E-state index contributed by atoms with van der Waals surface area (Å²) in [5.74, 6) is 0. The molecule has 0 aliphatic carbocycles. The molecule has 2 aromatic carbocycles. The third-order valence-corrected chi connectivity index (χ3v) is 1.88. The minimum atomic E-state index is 0.750. The molecule has 0 unspecified atom stereocenters. The van der Waals surface area contributed by atoms with Crippen molar-refractivity contribution in [3.05, 3.63) is 60.7 Å². The van der Waals surface area contributed by atoms with Gasteiger partial charge in [-0.15, -0.1) is 0 Å². The molecular weight excluding hydrogens is 264 g/mol. The van der Waals surface area contributed by atoms with E-state index in [0.717, 1.165) is 12.2 Å². The van der Waals surface area contributed by atoms with Crippen LogP contribution < -0.4 is 0 Å². The minimum absolute atomic E-state index is 0.750. The molecule has 0 saturated carbocycles. The molecule has 0 heterocycles. The number of rotatable bonds is 1. The van der Waals surface area contributed by atoms with Crippen LogP contribution in [-0.2, 0) is 9.59 Å². The van der Waals surface area contributed by atoms with Gasteiger partial charge in [0.05, 0.1) is 0 Å². The SMILES string of the molecule is CCC.N=C=O.N=C=O.c1ccc(-c2ccccc2)cc1. The number of carbonyl (C=O) groups excluding carboxylic acids is 2. The van der Waals surface area contributed by atoms with E-state index in [1.54, 1.807) is 0 Å². The maximum atomic E-state index is 8.35. The van der Waals surface area contributed by atoms with Gasteiger partial charge in [0, 0.05) is 0 Å². The van der Waals surface area contributed by atoms with Gasteiger partial charge in [-0.25, -0.2) is 20.4 Å². The topological polar surface area (TPSA) is 81.8 Å². The van der Waals surface area contributed by atoms with E-state index in [-0.39, 0.29) is 0 Å². The number of nitrogens with one attached hydrogen (secondary N) is 2. The Bertz CT molecular complexity index is 464. The van der Waals surface area contributed by atoms with Gasteiger partial charge in [-0.1, -0.05) is 80.9 Å². The Kier molecular flexibility index (Phi) is 16.8. The van der Waals surface area contributed by atoms with Crippen LogP contribution >= 0.6 is 0 Å². The van der Waals surface area contributed by atoms with Gasteiger partial charge in [-0.05, 0) is 11.1 Å². The normalized spacial score (nSPS) is 7.14. The molecule has 0 radical (unpaired) electrons. The van der Waals surface area contributed by atoms with Crippen LogP contribution in [0.4, 0.5) is 0 Å². The molecule has 0 bridgehead atoms. The molecule has 0 atom stereocenters. The Balaban J connectivity index is 0. The highest BCUT2D eigenvalue weighted by Gasteiger charge is 1.91. The molecule has 2 rings (SSSR count). The van der Waals surface area contributed by atoms with Crippen molar-refractivity contribution in [2.24, 2.45) is 0 Å². The Morgan fingerprint density at radius 2 is 0.905 bits per heavy atom. The van der Waals surface area contributed by atoms with Gasteiger partial charge >= 0.3 is 0 Å². The van der Waals surface area contributed by atoms with Crippen molar-refractivity contribution in [2.45, 2.75) is 20.3 Å². The van der Waals surface area contributed by atoms with Crippen LogP contribution in [0.25, 0.3) is 11.1 Å². The first kappa shape index (κ1) is 20.5. The fourth-order valence-corrected chi connectivity index (χ4v) is 1.26. The zero-order valence-electron chi connectivity index (χ0n) is 12.3. The van der Waals surface area contributed by atoms with Gasteiger partial charge in [0.15, 0.2) is 0 Å². The van der Waals surface area contributed by atoms with Crippen LogP contribution in [0.3, 0.4) is 0 Å². The molecule has 2 aromatic rings. The van der Waals surface area contributed by atoms with Crippen molar-refractivity contribution in [2.75, 3.05) is 0 Å². The molecule has 110 valence electrons. The van der Waals surface area contributed by atoms with Crippen molar-refractivity contribution >= 4 is 12.2 Å². The second-order valence-corrected chi connectivity index (χ2v) is 3.64. The molecule has 0 fully saturated rings. The molecule has 0 saturated heterocycles. The lowest BCUT2D eigenvalue weighted by Crippen LogP contribution is -1.73. The van der Waals surface area contributed by atoms with E-state index < -0.39 is 0 Å². The Morgan fingerprint density at radius 1 is 0.714 bits per heavy atom. The highest BCUT2D eigenvalue weighted by molar-refractivity contribution is 5.62. The molecule has 0 amide bonds. The lowest BCUT2D eigenvalue weighted by atomic mass is 10.1. The zero-order chi connectivity index (χ0) is 16.3. The second-order valence-electron chi connectivity index (χ2n) is 3.64. The van der Waals surface area contributed by atoms with Crippen LogP contribution in [-0.4, -0.2) is 12.2 Å². The molecule has 0 aromatic heterocycles. The summed E-state index contributed by atoms with van der Waals surface area (Å²) < 4.78 is 0. The van der Waals surface area contributed by atoms with Crippen LogP contribution in [0, 0.1) is 10.8 Å². The van der Waals surface area contributed by atoms with Crippen LogP contribution in [0.15, 0.2) is 60.7 Å². The van der Waals surface area contributed by atoms with Gasteiger partial charge in [0.25, 0.3) is 0 Å². The highest BCUT2D eigenvalue weighted by Crippen LogP contribution is 2.17. The van der Waals surface area contributed by atoms with E-state index in [4.69, 9.17) is 20.4 Å². The first-order valence-corrected chi connectivity index (χ1v) is 6.39. The number of isocyanates is 2.